The van der Waals surface area contributed by atoms with Gasteiger partial charge in [0, 0.05) is 26.4 Å². The molecule has 0 atom stereocenters. The third-order valence-electron chi connectivity index (χ3n) is 13.4. The van der Waals surface area contributed by atoms with Gasteiger partial charge in [0.2, 0.25) is 6.71 Å². The van der Waals surface area contributed by atoms with Gasteiger partial charge in [0.05, 0.1) is 21.8 Å². The summed E-state index contributed by atoms with van der Waals surface area (Å²) in [6.45, 7) is -0.00829. The fraction of sp³-hybridized carbons (Fsp3) is 0. The lowest BCUT2D eigenvalue weighted by Crippen LogP contribution is -2.52. The fourth-order valence-corrected chi connectivity index (χ4v) is 11.8. The zero-order valence-electron chi connectivity index (χ0n) is 34.4. The van der Waals surface area contributed by atoms with Gasteiger partial charge >= 0.3 is 0 Å². The van der Waals surface area contributed by atoms with Crippen molar-refractivity contribution in [1.29, 1.82) is 0 Å². The van der Waals surface area contributed by atoms with Crippen LogP contribution in [-0.2, 0) is 0 Å². The van der Waals surface area contributed by atoms with Crippen LogP contribution in [0.5, 0.6) is 0 Å². The molecular weight excluding hydrogens is 778 g/mol. The van der Waals surface area contributed by atoms with Gasteiger partial charge in [-0.05, 0) is 78.3 Å². The second-order valence-electron chi connectivity index (χ2n) is 16.7. The molecule has 1 nitrogen and oxygen atoms in total. The highest BCUT2D eigenvalue weighted by Gasteiger charge is 2.29. The average molecular weight is 816 g/mol. The van der Waals surface area contributed by atoms with Crippen molar-refractivity contribution in [2.75, 3.05) is 4.90 Å². The van der Waals surface area contributed by atoms with Crippen LogP contribution in [0.2, 0.25) is 0 Å². The van der Waals surface area contributed by atoms with Gasteiger partial charge in [-0.15, -0.1) is 11.3 Å². The third-order valence-corrected chi connectivity index (χ3v) is 14.6. The Morgan fingerprint density at radius 3 is 1.59 bits per heavy atom. The lowest BCUT2D eigenvalue weighted by atomic mass is 9.35. The van der Waals surface area contributed by atoms with E-state index in [0.29, 0.717) is 0 Å². The number of anilines is 3. The Kier molecular flexibility index (Phi) is 8.25. The Morgan fingerprint density at radius 1 is 0.302 bits per heavy atom. The van der Waals surface area contributed by atoms with Crippen molar-refractivity contribution in [3.8, 4) is 11.1 Å². The average Bonchev–Trinajstić information content (AvgIpc) is 3.74. The Labute approximate surface area is 370 Å². The molecule has 0 aliphatic heterocycles. The van der Waals surface area contributed by atoms with Crippen LogP contribution in [0.1, 0.15) is 0 Å². The molecule has 1 aromatic heterocycles. The van der Waals surface area contributed by atoms with Crippen molar-refractivity contribution in [3.05, 3.63) is 231 Å². The SMILES string of the molecule is c1ccc(-c2ccccc2N(c2ccc3ccc4c(B(c5cccc6ccccc56)c5cccc6ccccc56)ccc5ccc2c3c54)c2cccc3c2sc2ccccc23)cc1. The van der Waals surface area contributed by atoms with Gasteiger partial charge in [-0.1, -0.05) is 223 Å². The number of hydrogen-bond acceptors (Lipinski definition) is 2. The molecule has 3 heteroatoms. The molecule has 0 radical (unpaired) electrons. The van der Waals surface area contributed by atoms with Crippen molar-refractivity contribution >= 4 is 126 Å². The number of nitrogens with zero attached hydrogens (tertiary/aromatic N) is 1. The van der Waals surface area contributed by atoms with Gasteiger partial charge in [-0.25, -0.2) is 0 Å². The molecule has 0 aliphatic rings. The number of fused-ring (bicyclic) bond motifs is 5. The molecule has 12 aromatic carbocycles. The first kappa shape index (κ1) is 36.0. The van der Waals surface area contributed by atoms with Crippen LogP contribution in [0.3, 0.4) is 0 Å². The van der Waals surface area contributed by atoms with Gasteiger partial charge in [-0.2, -0.15) is 0 Å². The summed E-state index contributed by atoms with van der Waals surface area (Å²) in [4.78, 5) is 2.54. The van der Waals surface area contributed by atoms with E-state index in [-0.39, 0.29) is 6.71 Å². The summed E-state index contributed by atoms with van der Waals surface area (Å²) in [5, 5.41) is 15.3. The van der Waals surface area contributed by atoms with E-state index in [2.05, 4.69) is 235 Å². The zero-order chi connectivity index (χ0) is 41.4. The normalized spacial score (nSPS) is 11.8. The van der Waals surface area contributed by atoms with Crippen LogP contribution < -0.4 is 21.3 Å². The van der Waals surface area contributed by atoms with Gasteiger partial charge in [0.25, 0.3) is 0 Å². The van der Waals surface area contributed by atoms with Gasteiger partial charge in [0.1, 0.15) is 0 Å². The molecule has 0 spiro atoms. The largest absolute Gasteiger partial charge is 0.308 e. The van der Waals surface area contributed by atoms with E-state index in [9.17, 15) is 0 Å². The maximum atomic E-state index is 2.54. The highest BCUT2D eigenvalue weighted by Crippen LogP contribution is 2.50. The molecule has 0 unspecified atom stereocenters. The molecule has 13 aromatic rings. The monoisotopic (exact) mass is 815 g/mol. The maximum absolute atomic E-state index is 2.54. The minimum atomic E-state index is -0.00829. The lowest BCUT2D eigenvalue weighted by Gasteiger charge is -2.30. The van der Waals surface area contributed by atoms with E-state index in [4.69, 9.17) is 0 Å². The molecule has 0 amide bonds. The molecule has 0 saturated carbocycles. The second-order valence-corrected chi connectivity index (χ2v) is 17.8. The number of benzene rings is 12. The molecule has 0 N–H and O–H groups in total. The summed E-state index contributed by atoms with van der Waals surface area (Å²) in [6, 6.07) is 85.7. The topological polar surface area (TPSA) is 3.24 Å². The van der Waals surface area contributed by atoms with E-state index in [1.165, 1.54) is 107 Å². The summed E-state index contributed by atoms with van der Waals surface area (Å²) < 4.78 is 2.58. The zero-order valence-corrected chi connectivity index (χ0v) is 35.2. The van der Waals surface area contributed by atoms with Crippen LogP contribution in [0.4, 0.5) is 17.1 Å². The van der Waals surface area contributed by atoms with Crippen molar-refractivity contribution in [3.63, 3.8) is 0 Å². The third kappa shape index (κ3) is 5.63. The highest BCUT2D eigenvalue weighted by atomic mass is 32.1. The lowest BCUT2D eigenvalue weighted by molar-refractivity contribution is 1.32. The Bertz CT molecular complexity index is 3800. The predicted octanol–water partition coefficient (Wildman–Crippen LogP) is 14.9. The Balaban J connectivity index is 1.11. The standard InChI is InChI=1S/C60H38BNS/c1-2-15-41(16-3-1)46-23-8-10-28-54(46)62(56-29-14-25-48-47-24-9-11-30-57(47)63-60(48)56)55-38-34-43-31-35-49-53(37-33-42-32-36-50(55)59(43)58(42)49)61(51-26-12-19-39-17-4-6-21-44(39)51)52-27-13-20-40-18-5-7-22-45(40)52/h1-38H. The minimum absolute atomic E-state index is 0.00829. The first-order valence-electron chi connectivity index (χ1n) is 21.8. The van der Waals surface area contributed by atoms with E-state index >= 15 is 0 Å². The fourth-order valence-electron chi connectivity index (χ4n) is 10.6. The maximum Gasteiger partial charge on any atom is 0.243 e. The summed E-state index contributed by atoms with van der Waals surface area (Å²) in [5.74, 6) is 0. The number of hydrogen-bond donors (Lipinski definition) is 0. The van der Waals surface area contributed by atoms with Crippen molar-refractivity contribution in [2.24, 2.45) is 0 Å². The highest BCUT2D eigenvalue weighted by molar-refractivity contribution is 7.26. The summed E-state index contributed by atoms with van der Waals surface area (Å²) in [6.07, 6.45) is 0. The number of para-hydroxylation sites is 1. The van der Waals surface area contributed by atoms with E-state index in [1.54, 1.807) is 0 Å². The van der Waals surface area contributed by atoms with E-state index < -0.39 is 0 Å². The first-order valence-corrected chi connectivity index (χ1v) is 22.6. The Hall–Kier alpha value is -7.72. The van der Waals surface area contributed by atoms with Crippen LogP contribution in [0.15, 0.2) is 231 Å². The summed E-state index contributed by atoms with van der Waals surface area (Å²) in [5.41, 5.74) is 9.83. The van der Waals surface area contributed by atoms with Crippen LogP contribution in [0.25, 0.3) is 85.2 Å². The van der Waals surface area contributed by atoms with Gasteiger partial charge < -0.3 is 4.90 Å². The molecule has 0 saturated heterocycles. The molecule has 1 heterocycles. The smallest absolute Gasteiger partial charge is 0.243 e. The number of thiophene rings is 1. The molecule has 292 valence electrons. The molecule has 0 bridgehead atoms. The minimum Gasteiger partial charge on any atom is -0.308 e. The quantitative estimate of drug-likeness (QED) is 0.114. The van der Waals surface area contributed by atoms with Crippen LogP contribution in [0, 0.1) is 0 Å². The number of rotatable bonds is 7. The Morgan fingerprint density at radius 2 is 0.825 bits per heavy atom. The second kappa shape index (κ2) is 14.4. The van der Waals surface area contributed by atoms with E-state index in [1.807, 2.05) is 11.3 Å². The van der Waals surface area contributed by atoms with Crippen LogP contribution >= 0.6 is 11.3 Å². The van der Waals surface area contributed by atoms with E-state index in [0.717, 1.165) is 11.4 Å². The molecule has 0 fully saturated rings. The van der Waals surface area contributed by atoms with Crippen molar-refractivity contribution in [2.45, 2.75) is 0 Å². The molecule has 0 aliphatic carbocycles. The van der Waals surface area contributed by atoms with Crippen LogP contribution in [-0.4, -0.2) is 6.71 Å². The molecular formula is C60H38BNS. The molecule has 13 rings (SSSR count). The van der Waals surface area contributed by atoms with Gasteiger partial charge in [-0.3, -0.25) is 0 Å². The summed E-state index contributed by atoms with van der Waals surface area (Å²) in [7, 11) is 0. The predicted molar refractivity (Wildman–Crippen MR) is 276 cm³/mol. The van der Waals surface area contributed by atoms with Crippen molar-refractivity contribution in [1.82, 2.24) is 0 Å². The molecule has 63 heavy (non-hydrogen) atoms. The summed E-state index contributed by atoms with van der Waals surface area (Å²) >= 11 is 1.88. The first-order chi connectivity index (χ1) is 31.3. The van der Waals surface area contributed by atoms with Gasteiger partial charge in [0.15, 0.2) is 0 Å². The van der Waals surface area contributed by atoms with Crippen molar-refractivity contribution < 1.29 is 0 Å².